The predicted molar refractivity (Wildman–Crippen MR) is 72.5 cm³/mol. The predicted octanol–water partition coefficient (Wildman–Crippen LogP) is 4.72. The third-order valence-corrected chi connectivity index (χ3v) is 6.40. The standard InChI is InChI=1S/C13H18S2/c1-3-9-13(2)14-10-12(15-13)11-7-5-4-6-8-11/h4-8,12H,3,9-10H2,1-2H3/t12?,13-/m0/s1. The van der Waals surface area contributed by atoms with Gasteiger partial charge in [0, 0.05) is 11.0 Å². The minimum absolute atomic E-state index is 0.454. The number of rotatable bonds is 3. The molecule has 0 amide bonds. The molecule has 1 aromatic rings. The van der Waals surface area contributed by atoms with Crippen molar-refractivity contribution in [2.45, 2.75) is 36.0 Å². The van der Waals surface area contributed by atoms with Crippen molar-refractivity contribution in [2.24, 2.45) is 0 Å². The fourth-order valence-electron chi connectivity index (χ4n) is 2.04. The van der Waals surface area contributed by atoms with Crippen LogP contribution in [0.2, 0.25) is 0 Å². The maximum atomic E-state index is 2.40. The van der Waals surface area contributed by atoms with Gasteiger partial charge in [0.25, 0.3) is 0 Å². The van der Waals surface area contributed by atoms with Gasteiger partial charge in [0.15, 0.2) is 0 Å². The van der Waals surface area contributed by atoms with Gasteiger partial charge >= 0.3 is 0 Å². The molecule has 0 nitrogen and oxygen atoms in total. The molecule has 0 N–H and O–H groups in total. The SMILES string of the molecule is CCC[C@@]1(C)SCC(c2ccccc2)S1. The van der Waals surface area contributed by atoms with Crippen molar-refractivity contribution in [3.63, 3.8) is 0 Å². The zero-order chi connectivity index (χ0) is 10.7. The van der Waals surface area contributed by atoms with Crippen LogP contribution in [-0.2, 0) is 0 Å². The highest BCUT2D eigenvalue weighted by atomic mass is 32.2. The Labute approximate surface area is 101 Å². The smallest absolute Gasteiger partial charge is 0.0589 e. The average Bonchev–Trinajstić information content (AvgIpc) is 2.63. The van der Waals surface area contributed by atoms with E-state index in [0.717, 1.165) is 0 Å². The van der Waals surface area contributed by atoms with Crippen LogP contribution in [-0.4, -0.2) is 9.83 Å². The summed E-state index contributed by atoms with van der Waals surface area (Å²) in [6.45, 7) is 4.68. The van der Waals surface area contributed by atoms with E-state index in [0.29, 0.717) is 9.33 Å². The molecule has 0 spiro atoms. The summed E-state index contributed by atoms with van der Waals surface area (Å²) in [6, 6.07) is 10.9. The van der Waals surface area contributed by atoms with E-state index in [1.165, 1.54) is 24.2 Å². The quantitative estimate of drug-likeness (QED) is 0.747. The Hall–Kier alpha value is -0.0800. The van der Waals surface area contributed by atoms with Crippen LogP contribution in [0.15, 0.2) is 30.3 Å². The largest absolute Gasteiger partial charge is 0.143 e. The van der Waals surface area contributed by atoms with Crippen molar-refractivity contribution in [1.82, 2.24) is 0 Å². The van der Waals surface area contributed by atoms with Crippen molar-refractivity contribution in [2.75, 3.05) is 5.75 Å². The number of benzene rings is 1. The Morgan fingerprint density at radius 3 is 2.73 bits per heavy atom. The molecule has 1 fully saturated rings. The molecule has 0 aliphatic carbocycles. The molecule has 1 aromatic carbocycles. The topological polar surface area (TPSA) is 0 Å². The van der Waals surface area contributed by atoms with E-state index in [1.54, 1.807) is 0 Å². The van der Waals surface area contributed by atoms with E-state index >= 15 is 0 Å². The molecular weight excluding hydrogens is 220 g/mol. The van der Waals surface area contributed by atoms with Gasteiger partial charge in [0.1, 0.15) is 0 Å². The molecule has 0 saturated carbocycles. The molecule has 0 radical (unpaired) electrons. The molecule has 1 aliphatic heterocycles. The normalized spacial score (nSPS) is 30.7. The second-order valence-electron chi connectivity index (χ2n) is 4.21. The summed E-state index contributed by atoms with van der Waals surface area (Å²) in [5.41, 5.74) is 1.50. The number of hydrogen-bond donors (Lipinski definition) is 0. The van der Waals surface area contributed by atoms with E-state index in [2.05, 4.69) is 67.7 Å². The third kappa shape index (κ3) is 2.73. The number of thioether (sulfide) groups is 2. The third-order valence-electron chi connectivity index (χ3n) is 2.81. The van der Waals surface area contributed by atoms with E-state index in [1.807, 2.05) is 0 Å². The average molecular weight is 238 g/mol. The van der Waals surface area contributed by atoms with Crippen LogP contribution in [0.5, 0.6) is 0 Å². The van der Waals surface area contributed by atoms with Crippen LogP contribution in [0.1, 0.15) is 37.5 Å². The lowest BCUT2D eigenvalue weighted by Crippen LogP contribution is -2.09. The lowest BCUT2D eigenvalue weighted by atomic mass is 10.2. The van der Waals surface area contributed by atoms with E-state index < -0.39 is 0 Å². The van der Waals surface area contributed by atoms with Gasteiger partial charge in [-0.25, -0.2) is 0 Å². The first-order chi connectivity index (χ1) is 7.23. The maximum absolute atomic E-state index is 2.40. The molecule has 1 saturated heterocycles. The summed E-state index contributed by atoms with van der Waals surface area (Å²) >= 11 is 4.29. The highest BCUT2D eigenvalue weighted by Crippen LogP contribution is 2.56. The van der Waals surface area contributed by atoms with Gasteiger partial charge in [-0.05, 0) is 18.9 Å². The van der Waals surface area contributed by atoms with Gasteiger partial charge < -0.3 is 0 Å². The van der Waals surface area contributed by atoms with Crippen LogP contribution in [0.4, 0.5) is 0 Å². The summed E-state index contributed by atoms with van der Waals surface area (Å²) in [6.07, 6.45) is 2.61. The second-order valence-corrected chi connectivity index (χ2v) is 7.70. The summed E-state index contributed by atoms with van der Waals surface area (Å²) in [5.74, 6) is 1.27. The van der Waals surface area contributed by atoms with Gasteiger partial charge in [0.05, 0.1) is 4.08 Å². The van der Waals surface area contributed by atoms with Crippen LogP contribution in [0.3, 0.4) is 0 Å². The minimum Gasteiger partial charge on any atom is -0.143 e. The van der Waals surface area contributed by atoms with Gasteiger partial charge in [-0.3, -0.25) is 0 Å². The molecule has 0 bridgehead atoms. The molecule has 2 atom stereocenters. The van der Waals surface area contributed by atoms with Crippen molar-refractivity contribution in [1.29, 1.82) is 0 Å². The summed E-state index contributed by atoms with van der Waals surface area (Å²) < 4.78 is 0.454. The maximum Gasteiger partial charge on any atom is 0.0589 e. The van der Waals surface area contributed by atoms with Crippen LogP contribution >= 0.6 is 23.5 Å². The van der Waals surface area contributed by atoms with Crippen molar-refractivity contribution < 1.29 is 0 Å². The lowest BCUT2D eigenvalue weighted by molar-refractivity contribution is 0.750. The van der Waals surface area contributed by atoms with E-state index in [9.17, 15) is 0 Å². The van der Waals surface area contributed by atoms with Crippen LogP contribution in [0, 0.1) is 0 Å². The monoisotopic (exact) mass is 238 g/mol. The van der Waals surface area contributed by atoms with E-state index in [-0.39, 0.29) is 0 Å². The van der Waals surface area contributed by atoms with Crippen molar-refractivity contribution in [3.8, 4) is 0 Å². The first kappa shape index (κ1) is 11.4. The van der Waals surface area contributed by atoms with E-state index in [4.69, 9.17) is 0 Å². The fourth-order valence-corrected chi connectivity index (χ4v) is 5.60. The Balaban J connectivity index is 2.04. The molecule has 1 aliphatic rings. The zero-order valence-corrected chi connectivity index (χ0v) is 11.0. The van der Waals surface area contributed by atoms with Crippen molar-refractivity contribution >= 4 is 23.5 Å². The summed E-state index contributed by atoms with van der Waals surface area (Å²) in [5, 5.41) is 0.702. The Kier molecular flexibility index (Phi) is 3.68. The van der Waals surface area contributed by atoms with Crippen LogP contribution < -0.4 is 0 Å². The summed E-state index contributed by atoms with van der Waals surface area (Å²) in [7, 11) is 0. The second kappa shape index (κ2) is 4.84. The van der Waals surface area contributed by atoms with Gasteiger partial charge in [-0.2, -0.15) is 0 Å². The van der Waals surface area contributed by atoms with Gasteiger partial charge in [0.2, 0.25) is 0 Å². The molecule has 15 heavy (non-hydrogen) atoms. The van der Waals surface area contributed by atoms with Crippen LogP contribution in [0.25, 0.3) is 0 Å². The van der Waals surface area contributed by atoms with Gasteiger partial charge in [-0.1, -0.05) is 43.7 Å². The molecule has 82 valence electrons. The Bertz CT molecular complexity index is 310. The number of hydrogen-bond acceptors (Lipinski definition) is 2. The molecule has 0 aromatic heterocycles. The van der Waals surface area contributed by atoms with Crippen molar-refractivity contribution in [3.05, 3.63) is 35.9 Å². The summed E-state index contributed by atoms with van der Waals surface area (Å²) in [4.78, 5) is 0. The molecular formula is C13H18S2. The Morgan fingerprint density at radius 1 is 1.33 bits per heavy atom. The van der Waals surface area contributed by atoms with Gasteiger partial charge in [-0.15, -0.1) is 23.5 Å². The molecule has 1 heterocycles. The fraction of sp³-hybridized carbons (Fsp3) is 0.538. The highest BCUT2D eigenvalue weighted by Gasteiger charge is 2.36. The highest BCUT2D eigenvalue weighted by molar-refractivity contribution is 8.21. The zero-order valence-electron chi connectivity index (χ0n) is 9.40. The molecule has 2 heteroatoms. The lowest BCUT2D eigenvalue weighted by Gasteiger charge is -2.21. The first-order valence-electron chi connectivity index (χ1n) is 5.60. The molecule has 2 rings (SSSR count). The minimum atomic E-state index is 0.454. The molecule has 1 unspecified atom stereocenters. The Morgan fingerprint density at radius 2 is 2.07 bits per heavy atom. The first-order valence-corrected chi connectivity index (χ1v) is 7.47.